The second kappa shape index (κ2) is 6.76. The predicted octanol–water partition coefficient (Wildman–Crippen LogP) is 4.70. The third-order valence-electron chi connectivity index (χ3n) is 4.73. The van der Waals surface area contributed by atoms with Crippen LogP contribution in [0, 0.1) is 26.2 Å². The zero-order valence-electron chi connectivity index (χ0n) is 15.9. The van der Waals surface area contributed by atoms with Crippen LogP contribution in [0.4, 0.5) is 0 Å². The zero-order valence-corrected chi connectivity index (χ0v) is 17.4. The van der Waals surface area contributed by atoms with Crippen LogP contribution in [0.1, 0.15) is 29.4 Å². The molecule has 0 radical (unpaired) electrons. The number of carbonyl (C=O) groups excluding carboxylic acids is 1. The molecule has 6 nitrogen and oxygen atoms in total. The molecule has 1 aromatic carbocycles. The number of aryl methyl sites for hydroxylation is 2. The van der Waals surface area contributed by atoms with Crippen molar-refractivity contribution in [1.29, 1.82) is 5.41 Å². The lowest BCUT2D eigenvalue weighted by atomic mass is 10.1. The number of amidine groups is 2. The summed E-state index contributed by atoms with van der Waals surface area (Å²) in [6.07, 6.45) is 1.73. The molecule has 0 bridgehead atoms. The van der Waals surface area contributed by atoms with Crippen LogP contribution in [-0.2, 0) is 4.79 Å². The van der Waals surface area contributed by atoms with Gasteiger partial charge in [0.25, 0.3) is 5.91 Å². The molecule has 0 atom stereocenters. The van der Waals surface area contributed by atoms with E-state index >= 15 is 0 Å². The molecular formula is C20H18ClN5OS. The quantitative estimate of drug-likeness (QED) is 0.728. The van der Waals surface area contributed by atoms with E-state index in [4.69, 9.17) is 17.0 Å². The summed E-state index contributed by atoms with van der Waals surface area (Å²) in [7, 11) is 0. The smallest absolute Gasteiger partial charge is 0.283 e. The summed E-state index contributed by atoms with van der Waals surface area (Å²) < 4.78 is 2.12. The molecule has 1 N–H and O–H groups in total. The molecule has 0 fully saturated rings. The third kappa shape index (κ3) is 3.00. The second-order valence-corrected chi connectivity index (χ2v) is 8.33. The maximum Gasteiger partial charge on any atom is 0.283 e. The van der Waals surface area contributed by atoms with Crippen LogP contribution in [0.25, 0.3) is 11.8 Å². The van der Waals surface area contributed by atoms with Crippen LogP contribution in [0.15, 0.2) is 39.9 Å². The van der Waals surface area contributed by atoms with Gasteiger partial charge in [0, 0.05) is 22.1 Å². The first kappa shape index (κ1) is 18.7. The number of hydrogen-bond donors (Lipinski definition) is 1. The number of thioether (sulfide) groups is 1. The van der Waals surface area contributed by atoms with E-state index in [0.29, 0.717) is 10.2 Å². The van der Waals surface area contributed by atoms with Crippen LogP contribution in [-0.4, -0.2) is 31.5 Å². The fraction of sp³-hybridized carbons (Fsp3) is 0.200. The lowest BCUT2D eigenvalue weighted by Gasteiger charge is -2.20. The Morgan fingerprint density at radius 1 is 1.18 bits per heavy atom. The van der Waals surface area contributed by atoms with Crippen molar-refractivity contribution < 1.29 is 4.79 Å². The number of hydrazone groups is 1. The first-order valence-corrected chi connectivity index (χ1v) is 9.88. The molecule has 0 saturated heterocycles. The number of rotatable bonds is 2. The molecule has 2 aliphatic rings. The Hall–Kier alpha value is -2.64. The Labute approximate surface area is 172 Å². The molecule has 2 aromatic rings. The molecule has 0 saturated carbocycles. The van der Waals surface area contributed by atoms with Gasteiger partial charge in [0.15, 0.2) is 5.84 Å². The number of carbonyl (C=O) groups is 1. The molecule has 0 unspecified atom stereocenters. The van der Waals surface area contributed by atoms with Crippen LogP contribution in [0.3, 0.4) is 0 Å². The number of benzene rings is 1. The lowest BCUT2D eigenvalue weighted by Crippen LogP contribution is -2.35. The number of nitrogens with one attached hydrogen (secondary N) is 1. The number of aromatic nitrogens is 1. The van der Waals surface area contributed by atoms with E-state index in [1.807, 2.05) is 52.0 Å². The molecule has 8 heteroatoms. The minimum absolute atomic E-state index is 0.0480. The Morgan fingerprint density at radius 3 is 2.64 bits per heavy atom. The number of halogens is 1. The predicted molar refractivity (Wildman–Crippen MR) is 116 cm³/mol. The maximum atomic E-state index is 12.5. The first-order chi connectivity index (χ1) is 13.3. The van der Waals surface area contributed by atoms with E-state index in [0.717, 1.165) is 33.2 Å². The van der Waals surface area contributed by atoms with Crippen molar-refractivity contribution in [2.24, 2.45) is 10.1 Å². The highest BCUT2D eigenvalue weighted by Gasteiger charge is 2.34. The fourth-order valence-electron chi connectivity index (χ4n) is 3.42. The highest BCUT2D eigenvalue weighted by atomic mass is 35.5. The Balaban J connectivity index is 1.79. The van der Waals surface area contributed by atoms with E-state index in [-0.39, 0.29) is 11.4 Å². The molecule has 28 heavy (non-hydrogen) atoms. The monoisotopic (exact) mass is 411 g/mol. The summed E-state index contributed by atoms with van der Waals surface area (Å²) in [4.78, 5) is 16.6. The average molecular weight is 412 g/mol. The number of hydrogen-bond acceptors (Lipinski definition) is 4. The highest BCUT2D eigenvalue weighted by Crippen LogP contribution is 2.30. The van der Waals surface area contributed by atoms with E-state index in [1.54, 1.807) is 6.08 Å². The van der Waals surface area contributed by atoms with Gasteiger partial charge < -0.3 is 4.57 Å². The molecule has 4 rings (SSSR count). The topological polar surface area (TPSA) is 73.8 Å². The number of aliphatic imine (C=N–C) groups is 1. The van der Waals surface area contributed by atoms with Gasteiger partial charge in [-0.15, -0.1) is 0 Å². The molecule has 1 amide bonds. The van der Waals surface area contributed by atoms with Crippen molar-refractivity contribution in [3.8, 4) is 5.69 Å². The van der Waals surface area contributed by atoms with Crippen LogP contribution in [0.2, 0.25) is 5.02 Å². The fourth-order valence-corrected chi connectivity index (χ4v) is 4.38. The Morgan fingerprint density at radius 2 is 1.93 bits per heavy atom. The summed E-state index contributed by atoms with van der Waals surface area (Å²) in [6.45, 7) is 7.85. The van der Waals surface area contributed by atoms with Crippen molar-refractivity contribution in [2.75, 3.05) is 0 Å². The van der Waals surface area contributed by atoms with Gasteiger partial charge in [-0.2, -0.15) is 15.1 Å². The van der Waals surface area contributed by atoms with E-state index in [1.165, 1.54) is 16.8 Å². The van der Waals surface area contributed by atoms with Gasteiger partial charge in [-0.1, -0.05) is 11.6 Å². The van der Waals surface area contributed by atoms with Crippen molar-refractivity contribution >= 4 is 51.4 Å². The summed E-state index contributed by atoms with van der Waals surface area (Å²) >= 11 is 7.39. The van der Waals surface area contributed by atoms with Crippen LogP contribution in [0.5, 0.6) is 0 Å². The molecule has 3 heterocycles. The van der Waals surface area contributed by atoms with Gasteiger partial charge in [-0.05, 0) is 80.9 Å². The van der Waals surface area contributed by atoms with Gasteiger partial charge in [0.2, 0.25) is 5.17 Å². The van der Waals surface area contributed by atoms with Crippen molar-refractivity contribution in [3.05, 3.63) is 57.4 Å². The van der Waals surface area contributed by atoms with Crippen molar-refractivity contribution in [1.82, 2.24) is 9.58 Å². The molecular weight excluding hydrogens is 394 g/mol. The average Bonchev–Trinajstić information content (AvgIpc) is 3.12. The lowest BCUT2D eigenvalue weighted by molar-refractivity contribution is -0.114. The third-order valence-corrected chi connectivity index (χ3v) is 5.78. The van der Waals surface area contributed by atoms with Gasteiger partial charge >= 0.3 is 0 Å². The first-order valence-electron chi connectivity index (χ1n) is 8.68. The maximum absolute atomic E-state index is 12.5. The Bertz CT molecular complexity index is 1140. The summed E-state index contributed by atoms with van der Waals surface area (Å²) in [5.41, 5.74) is 5.19. The minimum Gasteiger partial charge on any atom is -0.318 e. The second-order valence-electron chi connectivity index (χ2n) is 6.73. The van der Waals surface area contributed by atoms with Crippen molar-refractivity contribution in [2.45, 2.75) is 27.7 Å². The SMILES string of the molecule is CC1=NN2C(=N)C(=Cc3cc(C)n(-c4ccc(Cl)cc4C)c3C)C(=O)N=C2S1. The van der Waals surface area contributed by atoms with E-state index < -0.39 is 5.91 Å². The molecule has 0 spiro atoms. The molecule has 142 valence electrons. The Kier molecular flexibility index (Phi) is 4.51. The number of fused-ring (bicyclic) bond motifs is 1. The molecule has 1 aromatic heterocycles. The highest BCUT2D eigenvalue weighted by molar-refractivity contribution is 8.26. The molecule has 2 aliphatic heterocycles. The number of amides is 1. The molecule has 0 aliphatic carbocycles. The van der Waals surface area contributed by atoms with Crippen molar-refractivity contribution in [3.63, 3.8) is 0 Å². The van der Waals surface area contributed by atoms with Gasteiger partial charge in [-0.3, -0.25) is 10.2 Å². The summed E-state index contributed by atoms with van der Waals surface area (Å²) in [6, 6.07) is 7.78. The van der Waals surface area contributed by atoms with E-state index in [9.17, 15) is 4.79 Å². The zero-order chi connectivity index (χ0) is 20.2. The van der Waals surface area contributed by atoms with Gasteiger partial charge in [-0.25, -0.2) is 0 Å². The normalized spacial score (nSPS) is 17.9. The van der Waals surface area contributed by atoms with Crippen LogP contribution < -0.4 is 0 Å². The van der Waals surface area contributed by atoms with E-state index in [2.05, 4.69) is 14.7 Å². The number of nitrogens with zero attached hydrogens (tertiary/aromatic N) is 4. The minimum atomic E-state index is -0.416. The largest absolute Gasteiger partial charge is 0.318 e. The standard InChI is InChI=1S/C20H18ClN5OS/c1-10-7-15(21)5-6-17(10)25-11(2)8-14(12(25)3)9-16-18(22)26-20(23-19(16)27)28-13(4)24-26/h5-9,22H,1-4H3. The summed E-state index contributed by atoms with van der Waals surface area (Å²) in [5, 5.41) is 16.0. The summed E-state index contributed by atoms with van der Waals surface area (Å²) in [5.74, 6) is -0.368. The van der Waals surface area contributed by atoms with Crippen LogP contribution >= 0.6 is 23.4 Å². The van der Waals surface area contributed by atoms with Gasteiger partial charge in [0.05, 0.1) is 10.6 Å². The van der Waals surface area contributed by atoms with Gasteiger partial charge in [0.1, 0.15) is 0 Å².